The number of ether oxygens (including phenoxy) is 2. The van der Waals surface area contributed by atoms with Crippen molar-refractivity contribution >= 4 is 23.2 Å². The molecule has 0 saturated carbocycles. The molecule has 3 aromatic rings. The van der Waals surface area contributed by atoms with Gasteiger partial charge in [-0.1, -0.05) is 12.1 Å². The normalized spacial score (nSPS) is 10.3. The van der Waals surface area contributed by atoms with Crippen molar-refractivity contribution in [2.45, 2.75) is 6.54 Å². The molecule has 172 valence electrons. The molecule has 8 heteroatoms. The van der Waals surface area contributed by atoms with Crippen molar-refractivity contribution in [1.29, 1.82) is 0 Å². The lowest BCUT2D eigenvalue weighted by atomic mass is 10.1. The van der Waals surface area contributed by atoms with Crippen LogP contribution in [0.3, 0.4) is 0 Å². The number of carbonyl (C=O) groups excluding carboxylic acids is 2. The predicted octanol–water partition coefficient (Wildman–Crippen LogP) is 4.09. The van der Waals surface area contributed by atoms with E-state index >= 15 is 0 Å². The number of hydrogen-bond donors (Lipinski definition) is 2. The number of benzene rings is 3. The molecule has 2 amide bonds. The zero-order valence-corrected chi connectivity index (χ0v) is 18.9. The minimum atomic E-state index is -0.373. The fourth-order valence-electron chi connectivity index (χ4n) is 3.21. The van der Waals surface area contributed by atoms with E-state index in [9.17, 15) is 14.0 Å². The number of rotatable bonds is 8. The lowest BCUT2D eigenvalue weighted by Crippen LogP contribution is -2.25. The molecule has 3 rings (SSSR count). The topological polar surface area (TPSA) is 79.9 Å². The second-order valence-electron chi connectivity index (χ2n) is 7.49. The van der Waals surface area contributed by atoms with Gasteiger partial charge in [-0.05, 0) is 48.0 Å². The van der Waals surface area contributed by atoms with Gasteiger partial charge in [-0.25, -0.2) is 4.39 Å². The van der Waals surface area contributed by atoms with Crippen LogP contribution in [0.1, 0.15) is 26.3 Å². The first-order chi connectivity index (χ1) is 15.8. The highest BCUT2D eigenvalue weighted by atomic mass is 19.1. The van der Waals surface area contributed by atoms with E-state index in [-0.39, 0.29) is 24.2 Å². The molecule has 0 heterocycles. The van der Waals surface area contributed by atoms with E-state index in [0.29, 0.717) is 34.0 Å². The van der Waals surface area contributed by atoms with Crippen LogP contribution in [0.5, 0.6) is 11.5 Å². The van der Waals surface area contributed by atoms with E-state index in [1.165, 1.54) is 26.4 Å². The Balaban J connectivity index is 1.81. The Bertz CT molecular complexity index is 1120. The molecule has 0 spiro atoms. The zero-order valence-electron chi connectivity index (χ0n) is 18.9. The number of nitrogens with zero attached hydrogens (tertiary/aromatic N) is 1. The van der Waals surface area contributed by atoms with E-state index < -0.39 is 0 Å². The molecular formula is C25H26FN3O4. The molecule has 0 aliphatic rings. The first kappa shape index (κ1) is 23.6. The molecule has 33 heavy (non-hydrogen) atoms. The zero-order chi connectivity index (χ0) is 24.0. The molecule has 2 N–H and O–H groups in total. The second-order valence-corrected chi connectivity index (χ2v) is 7.49. The molecule has 0 aliphatic carbocycles. The number of nitrogens with one attached hydrogen (secondary N) is 2. The van der Waals surface area contributed by atoms with Crippen molar-refractivity contribution in [2.75, 3.05) is 38.5 Å². The fraction of sp³-hybridized carbons (Fsp3) is 0.200. The Morgan fingerprint density at radius 1 is 0.879 bits per heavy atom. The summed E-state index contributed by atoms with van der Waals surface area (Å²) < 4.78 is 23.5. The molecule has 0 bridgehead atoms. The highest BCUT2D eigenvalue weighted by Gasteiger charge is 2.16. The minimum absolute atomic E-state index is 0.242. The van der Waals surface area contributed by atoms with Gasteiger partial charge in [0.1, 0.15) is 17.3 Å². The third kappa shape index (κ3) is 6.00. The summed E-state index contributed by atoms with van der Waals surface area (Å²) in [4.78, 5) is 27.6. The molecule has 0 saturated heterocycles. The van der Waals surface area contributed by atoms with E-state index in [1.54, 1.807) is 48.5 Å². The van der Waals surface area contributed by atoms with Crippen molar-refractivity contribution in [2.24, 2.45) is 0 Å². The predicted molar refractivity (Wildman–Crippen MR) is 126 cm³/mol. The number of anilines is 2. The van der Waals surface area contributed by atoms with E-state index in [2.05, 4.69) is 10.6 Å². The van der Waals surface area contributed by atoms with Crippen LogP contribution in [-0.2, 0) is 6.54 Å². The van der Waals surface area contributed by atoms with Gasteiger partial charge in [0.2, 0.25) is 0 Å². The number of carbonyl (C=O) groups is 2. The standard InChI is InChI=1S/C25H26FN3O4/c1-29(2)23-10-9-19(28-24(30)17-11-20(32-3)14-21(12-17)33-4)13-22(23)25(31)27-15-16-5-7-18(26)8-6-16/h5-14H,15H2,1-4H3,(H,27,31)(H,28,30). The van der Waals surface area contributed by atoms with Crippen LogP contribution in [0.25, 0.3) is 0 Å². The van der Waals surface area contributed by atoms with Crippen LogP contribution in [0, 0.1) is 5.82 Å². The minimum Gasteiger partial charge on any atom is -0.497 e. The maximum Gasteiger partial charge on any atom is 0.255 e. The Hall–Kier alpha value is -4.07. The smallest absolute Gasteiger partial charge is 0.255 e. The molecule has 0 fully saturated rings. The molecule has 0 aromatic heterocycles. The SMILES string of the molecule is COc1cc(OC)cc(C(=O)Nc2ccc(N(C)C)c(C(=O)NCc3ccc(F)cc3)c2)c1. The van der Waals surface area contributed by atoms with Gasteiger partial charge in [-0.3, -0.25) is 9.59 Å². The van der Waals surface area contributed by atoms with Crippen LogP contribution in [0.4, 0.5) is 15.8 Å². The summed E-state index contributed by atoms with van der Waals surface area (Å²) in [7, 11) is 6.67. The number of hydrogen-bond acceptors (Lipinski definition) is 5. The monoisotopic (exact) mass is 451 g/mol. The molecule has 0 unspecified atom stereocenters. The number of halogens is 1. The van der Waals surface area contributed by atoms with Gasteiger partial charge >= 0.3 is 0 Å². The third-order valence-corrected chi connectivity index (χ3v) is 4.96. The van der Waals surface area contributed by atoms with E-state index in [4.69, 9.17) is 9.47 Å². The molecule has 7 nitrogen and oxygen atoms in total. The Kier molecular flexibility index (Phi) is 7.50. The van der Waals surface area contributed by atoms with E-state index in [0.717, 1.165) is 5.56 Å². The van der Waals surface area contributed by atoms with Crippen molar-refractivity contribution in [3.8, 4) is 11.5 Å². The average molecular weight is 451 g/mol. The Labute approximate surface area is 192 Å². The Morgan fingerprint density at radius 3 is 2.09 bits per heavy atom. The number of amides is 2. The van der Waals surface area contributed by atoms with Crippen LogP contribution < -0.4 is 25.0 Å². The highest BCUT2D eigenvalue weighted by Crippen LogP contribution is 2.26. The van der Waals surface area contributed by atoms with Gasteiger partial charge in [-0.2, -0.15) is 0 Å². The maximum atomic E-state index is 13.1. The summed E-state index contributed by atoms with van der Waals surface area (Å²) in [6.45, 7) is 0.242. The fourth-order valence-corrected chi connectivity index (χ4v) is 3.21. The molecule has 0 radical (unpaired) electrons. The summed E-state index contributed by atoms with van der Waals surface area (Å²) in [5.74, 6) is -0.0478. The summed E-state index contributed by atoms with van der Waals surface area (Å²) in [5, 5.41) is 5.65. The molecule has 0 aliphatic heterocycles. The first-order valence-electron chi connectivity index (χ1n) is 10.2. The number of methoxy groups -OCH3 is 2. The van der Waals surface area contributed by atoms with Gasteiger partial charge < -0.3 is 25.0 Å². The van der Waals surface area contributed by atoms with Gasteiger partial charge in [-0.15, -0.1) is 0 Å². The van der Waals surface area contributed by atoms with Crippen molar-refractivity contribution < 1.29 is 23.5 Å². The Morgan fingerprint density at radius 2 is 1.52 bits per heavy atom. The summed E-state index contributed by atoms with van der Waals surface area (Å²) >= 11 is 0. The average Bonchev–Trinajstić information content (AvgIpc) is 2.82. The molecule has 3 aromatic carbocycles. The highest BCUT2D eigenvalue weighted by molar-refractivity contribution is 6.06. The van der Waals surface area contributed by atoms with Crippen LogP contribution in [0.15, 0.2) is 60.7 Å². The van der Waals surface area contributed by atoms with Crippen molar-refractivity contribution in [3.05, 3.63) is 83.2 Å². The quantitative estimate of drug-likeness (QED) is 0.539. The van der Waals surface area contributed by atoms with Crippen LogP contribution >= 0.6 is 0 Å². The second kappa shape index (κ2) is 10.5. The maximum absolute atomic E-state index is 13.1. The van der Waals surface area contributed by atoms with Crippen molar-refractivity contribution in [1.82, 2.24) is 5.32 Å². The molecular weight excluding hydrogens is 425 g/mol. The van der Waals surface area contributed by atoms with Gasteiger partial charge in [0.05, 0.1) is 19.8 Å². The van der Waals surface area contributed by atoms with Gasteiger partial charge in [0.15, 0.2) is 0 Å². The first-order valence-corrected chi connectivity index (χ1v) is 10.2. The lowest BCUT2D eigenvalue weighted by Gasteiger charge is -2.19. The molecule has 0 atom stereocenters. The third-order valence-electron chi connectivity index (χ3n) is 4.96. The van der Waals surface area contributed by atoms with E-state index in [1.807, 2.05) is 19.0 Å². The summed E-state index contributed by atoms with van der Waals surface area (Å²) in [6, 6.07) is 15.9. The van der Waals surface area contributed by atoms with Crippen molar-refractivity contribution in [3.63, 3.8) is 0 Å². The van der Waals surface area contributed by atoms with Crippen LogP contribution in [-0.4, -0.2) is 40.1 Å². The summed E-state index contributed by atoms with van der Waals surface area (Å²) in [6.07, 6.45) is 0. The lowest BCUT2D eigenvalue weighted by molar-refractivity contribution is 0.0950. The van der Waals surface area contributed by atoms with Gasteiger partial charge in [0.25, 0.3) is 11.8 Å². The summed E-state index contributed by atoms with van der Waals surface area (Å²) in [5.41, 5.74) is 2.66. The van der Waals surface area contributed by atoms with Gasteiger partial charge in [0, 0.05) is 43.6 Å². The van der Waals surface area contributed by atoms with Crippen LogP contribution in [0.2, 0.25) is 0 Å². The largest absolute Gasteiger partial charge is 0.497 e.